The predicted molar refractivity (Wildman–Crippen MR) is 122 cm³/mol. The number of aryl methyl sites for hydroxylation is 1. The van der Waals surface area contributed by atoms with Gasteiger partial charge in [0, 0.05) is 0 Å². The van der Waals surface area contributed by atoms with Crippen LogP contribution in [-0.4, -0.2) is 0 Å². The molecule has 0 spiro atoms. The van der Waals surface area contributed by atoms with Crippen LogP contribution in [0.4, 0.5) is 0 Å². The average molecular weight is 402 g/mol. The number of fused-ring (bicyclic) bond motifs is 1. The first-order valence-electron chi connectivity index (χ1n) is 10.7. The van der Waals surface area contributed by atoms with Gasteiger partial charge in [0.15, 0.2) is 0 Å². The normalized spacial score (nSPS) is 15.2. The van der Waals surface area contributed by atoms with Crippen molar-refractivity contribution in [2.24, 2.45) is 0 Å². The van der Waals surface area contributed by atoms with Crippen LogP contribution in [0.5, 0.6) is 0 Å². The Kier molecular flexibility index (Phi) is 45.8. The topological polar surface area (TPSA) is 0 Å². The molecule has 155 valence electrons. The van der Waals surface area contributed by atoms with Gasteiger partial charge in [0.05, 0.1) is 0 Å². The number of hydrogen-bond acceptors (Lipinski definition) is 0. The quantitative estimate of drug-likeness (QED) is 0.380. The molecule has 0 aromatic heterocycles. The van der Waals surface area contributed by atoms with E-state index < -0.39 is 0 Å². The molecule has 1 atom stereocenters. The molecule has 0 heterocycles. The van der Waals surface area contributed by atoms with E-state index in [4.69, 9.17) is 0 Å². The molecule has 0 aliphatic heterocycles. The zero-order valence-electron chi connectivity index (χ0n) is 18.8. The van der Waals surface area contributed by atoms with E-state index in [2.05, 4.69) is 31.5 Å². The minimum atomic E-state index is 0. The molecule has 1 saturated carbocycles. The molecule has 2 aliphatic rings. The summed E-state index contributed by atoms with van der Waals surface area (Å²) in [5.74, 6) is 0.771. The SMILES string of the molecule is C.CC.CC.CC.CC.CC1CCc2[c-]cccc21.[CH-]1CCCCC1.[V+2]. The number of rotatable bonds is 0. The predicted octanol–water partition coefficient (Wildman–Crippen LogP) is 9.43. The van der Waals surface area contributed by atoms with Crippen molar-refractivity contribution in [3.8, 4) is 0 Å². The molecule has 1 aromatic carbocycles. The summed E-state index contributed by atoms with van der Waals surface area (Å²) in [6.07, 6.45) is 12.0. The van der Waals surface area contributed by atoms with Crippen molar-refractivity contribution < 1.29 is 18.6 Å². The Bertz CT molecular complexity index is 304. The summed E-state index contributed by atoms with van der Waals surface area (Å²) < 4.78 is 0. The molecule has 1 fully saturated rings. The van der Waals surface area contributed by atoms with Crippen molar-refractivity contribution in [1.82, 2.24) is 0 Å². The Morgan fingerprint density at radius 3 is 1.73 bits per heavy atom. The molecule has 2 aliphatic carbocycles. The molecular weight excluding hydrogens is 351 g/mol. The molecule has 26 heavy (non-hydrogen) atoms. The van der Waals surface area contributed by atoms with Gasteiger partial charge in [-0.15, -0.1) is 5.56 Å². The largest absolute Gasteiger partial charge is 2.00 e. The maximum Gasteiger partial charge on any atom is 2.00 e. The Hall–Kier alpha value is -0.196. The van der Waals surface area contributed by atoms with E-state index in [1.807, 2.05) is 61.5 Å². The third-order valence-electron chi connectivity index (χ3n) is 3.65. The number of benzene rings is 1. The van der Waals surface area contributed by atoms with Gasteiger partial charge in [-0.1, -0.05) is 108 Å². The molecule has 1 unspecified atom stereocenters. The van der Waals surface area contributed by atoms with E-state index >= 15 is 0 Å². The van der Waals surface area contributed by atoms with E-state index in [0.717, 1.165) is 5.92 Å². The second-order valence-corrected chi connectivity index (χ2v) is 4.97. The molecular formula is C25H50V. The third-order valence-corrected chi connectivity index (χ3v) is 3.65. The minimum Gasteiger partial charge on any atom is -0.328 e. The van der Waals surface area contributed by atoms with Crippen LogP contribution in [0.25, 0.3) is 0 Å². The van der Waals surface area contributed by atoms with Crippen molar-refractivity contribution in [3.63, 3.8) is 0 Å². The van der Waals surface area contributed by atoms with Crippen LogP contribution in [-0.2, 0) is 25.0 Å². The zero-order chi connectivity index (χ0) is 19.2. The van der Waals surface area contributed by atoms with E-state index in [1.165, 1.54) is 56.1 Å². The molecule has 3 rings (SSSR count). The molecule has 0 nitrogen and oxygen atoms in total. The first-order chi connectivity index (χ1) is 11.9. The Morgan fingerprint density at radius 1 is 0.885 bits per heavy atom. The summed E-state index contributed by atoms with van der Waals surface area (Å²) in [4.78, 5) is 0. The van der Waals surface area contributed by atoms with Gasteiger partial charge in [-0.25, -0.2) is 0 Å². The van der Waals surface area contributed by atoms with Crippen LogP contribution < -0.4 is 0 Å². The summed E-state index contributed by atoms with van der Waals surface area (Å²) in [7, 11) is 0. The fraction of sp³-hybridized carbons (Fsp3) is 0.720. The van der Waals surface area contributed by atoms with E-state index in [0.29, 0.717) is 0 Å². The third kappa shape index (κ3) is 18.6. The maximum atomic E-state index is 3.28. The summed E-state index contributed by atoms with van der Waals surface area (Å²) in [5.41, 5.74) is 2.96. The molecule has 1 heteroatoms. The fourth-order valence-corrected chi connectivity index (χ4v) is 2.58. The second-order valence-electron chi connectivity index (χ2n) is 4.97. The zero-order valence-corrected chi connectivity index (χ0v) is 20.2. The first-order valence-corrected chi connectivity index (χ1v) is 10.7. The average Bonchev–Trinajstić information content (AvgIpc) is 3.11. The minimum absolute atomic E-state index is 0. The standard InChI is InChI=1S/C10H11.C6H11.4C2H6.CH4.V/c1-8-6-7-9-4-2-3-5-10(8)9;1-2-4-6-5-3-1;4*1-2;;/h2-3,5,8H,6-7H2,1H3;1H,2-6H2;4*1-2H3;1H4;/q2*-1;;;;;;+2. The van der Waals surface area contributed by atoms with Crippen LogP contribution in [0.15, 0.2) is 18.2 Å². The number of hydrogen-bond donors (Lipinski definition) is 0. The van der Waals surface area contributed by atoms with Crippen molar-refractivity contribution in [2.75, 3.05) is 0 Å². The summed E-state index contributed by atoms with van der Waals surface area (Å²) >= 11 is 0. The second kappa shape index (κ2) is 32.5. The van der Waals surface area contributed by atoms with Crippen LogP contribution in [0, 0.1) is 12.5 Å². The fourth-order valence-electron chi connectivity index (χ4n) is 2.58. The van der Waals surface area contributed by atoms with Crippen molar-refractivity contribution in [3.05, 3.63) is 41.8 Å². The van der Waals surface area contributed by atoms with Gasteiger partial charge in [-0.05, 0) is 0 Å². The maximum absolute atomic E-state index is 3.28. The summed E-state index contributed by atoms with van der Waals surface area (Å²) in [6, 6.07) is 9.60. The van der Waals surface area contributed by atoms with E-state index in [-0.39, 0.29) is 26.0 Å². The van der Waals surface area contributed by atoms with Crippen LogP contribution in [0.1, 0.15) is 125 Å². The van der Waals surface area contributed by atoms with Crippen LogP contribution >= 0.6 is 0 Å². The van der Waals surface area contributed by atoms with E-state index in [1.54, 1.807) is 0 Å². The van der Waals surface area contributed by atoms with Gasteiger partial charge < -0.3 is 6.42 Å². The van der Waals surface area contributed by atoms with Crippen molar-refractivity contribution in [1.29, 1.82) is 0 Å². The smallest absolute Gasteiger partial charge is 0.328 e. The molecule has 0 bridgehead atoms. The van der Waals surface area contributed by atoms with Gasteiger partial charge >= 0.3 is 18.6 Å². The van der Waals surface area contributed by atoms with Crippen LogP contribution in [0.3, 0.4) is 0 Å². The molecule has 1 aromatic rings. The first kappa shape index (κ1) is 36.7. The van der Waals surface area contributed by atoms with Crippen LogP contribution in [0.2, 0.25) is 0 Å². The molecule has 0 amide bonds. The van der Waals surface area contributed by atoms with E-state index in [9.17, 15) is 0 Å². The summed E-state index contributed by atoms with van der Waals surface area (Å²) in [5, 5.41) is 0. The van der Waals surface area contributed by atoms with Crippen molar-refractivity contribution in [2.45, 2.75) is 121 Å². The monoisotopic (exact) mass is 401 g/mol. The molecule has 0 N–H and O–H groups in total. The Labute approximate surface area is 180 Å². The summed E-state index contributed by atoms with van der Waals surface area (Å²) in [6.45, 7) is 18.3. The van der Waals surface area contributed by atoms with Gasteiger partial charge in [0.2, 0.25) is 0 Å². The Balaban J connectivity index is -0.0000000808. The van der Waals surface area contributed by atoms with Gasteiger partial charge in [0.25, 0.3) is 0 Å². The Morgan fingerprint density at radius 2 is 1.38 bits per heavy atom. The van der Waals surface area contributed by atoms with Gasteiger partial charge in [-0.2, -0.15) is 42.7 Å². The molecule has 0 saturated heterocycles. The van der Waals surface area contributed by atoms with Gasteiger partial charge in [-0.3, -0.25) is 0 Å². The van der Waals surface area contributed by atoms with Gasteiger partial charge in [0.1, 0.15) is 0 Å². The molecule has 1 radical (unpaired) electrons. The van der Waals surface area contributed by atoms with Crippen molar-refractivity contribution >= 4 is 0 Å².